The first-order chi connectivity index (χ1) is 8.60. The van der Waals surface area contributed by atoms with E-state index in [4.69, 9.17) is 5.73 Å². The van der Waals surface area contributed by atoms with Gasteiger partial charge in [0.05, 0.1) is 11.1 Å². The summed E-state index contributed by atoms with van der Waals surface area (Å²) in [6, 6.07) is 8.70. The molecule has 1 saturated carbocycles. The molecule has 0 aromatic heterocycles. The van der Waals surface area contributed by atoms with Crippen LogP contribution in [0.3, 0.4) is 0 Å². The lowest BCUT2D eigenvalue weighted by Crippen LogP contribution is -2.61. The summed E-state index contributed by atoms with van der Waals surface area (Å²) in [7, 11) is -3.43. The lowest BCUT2D eigenvalue weighted by Gasteiger charge is -2.48. The van der Waals surface area contributed by atoms with Crippen molar-refractivity contribution in [3.05, 3.63) is 30.3 Å². The third-order valence-corrected chi connectivity index (χ3v) is 6.16. The zero-order valence-electron chi connectivity index (χ0n) is 10.2. The van der Waals surface area contributed by atoms with Crippen LogP contribution in [0, 0.1) is 5.92 Å². The van der Waals surface area contributed by atoms with E-state index in [0.29, 0.717) is 10.8 Å². The number of nitrogens with two attached hydrogens (primary N) is 1. The van der Waals surface area contributed by atoms with Crippen LogP contribution in [-0.2, 0) is 10.0 Å². The molecule has 4 nitrogen and oxygen atoms in total. The first kappa shape index (κ1) is 12.1. The Bertz CT molecular complexity index is 519. The van der Waals surface area contributed by atoms with Crippen molar-refractivity contribution in [2.75, 3.05) is 0 Å². The number of benzene rings is 1. The maximum absolute atomic E-state index is 12.6. The largest absolute Gasteiger partial charge is 0.315 e. The standard InChI is InChI=1S/C13H18N2O2S/c14-13-10-6-8-11(9-7-10)15(13)18(16,17)12-4-2-1-3-5-12/h1-5,10-11,13H,6-9,14H2. The SMILES string of the molecule is NC1C2CCC(CC2)N1S(=O)(=O)c1ccccc1. The minimum Gasteiger partial charge on any atom is -0.315 e. The van der Waals surface area contributed by atoms with E-state index in [-0.39, 0.29) is 12.2 Å². The van der Waals surface area contributed by atoms with Crippen LogP contribution in [0.25, 0.3) is 0 Å². The fourth-order valence-electron chi connectivity index (χ4n) is 3.22. The molecule has 18 heavy (non-hydrogen) atoms. The summed E-state index contributed by atoms with van der Waals surface area (Å²) < 4.78 is 26.8. The predicted octanol–water partition coefficient (Wildman–Crippen LogP) is 1.53. The number of sulfonamides is 1. The summed E-state index contributed by atoms with van der Waals surface area (Å²) in [5.74, 6) is 0.327. The molecule has 3 fully saturated rings. The molecular weight excluding hydrogens is 248 g/mol. The minimum absolute atomic E-state index is 0.0928. The molecule has 4 rings (SSSR count). The number of hydrogen-bond donors (Lipinski definition) is 1. The van der Waals surface area contributed by atoms with Crippen molar-refractivity contribution >= 4 is 10.0 Å². The molecule has 98 valence electrons. The van der Waals surface area contributed by atoms with Gasteiger partial charge in [0.1, 0.15) is 0 Å². The Morgan fingerprint density at radius 3 is 2.22 bits per heavy atom. The normalized spacial score (nSPS) is 32.6. The Labute approximate surface area is 108 Å². The molecule has 3 aliphatic rings. The number of piperidine rings is 2. The number of fused-ring (bicyclic) bond motifs is 3. The summed E-state index contributed by atoms with van der Waals surface area (Å²) in [6.07, 6.45) is 3.68. The number of hydrogen-bond acceptors (Lipinski definition) is 3. The Balaban J connectivity index is 1.99. The highest BCUT2D eigenvalue weighted by Crippen LogP contribution is 2.40. The molecule has 0 radical (unpaired) electrons. The molecular formula is C13H18N2O2S. The Morgan fingerprint density at radius 2 is 1.67 bits per heavy atom. The fraction of sp³-hybridized carbons (Fsp3) is 0.538. The van der Waals surface area contributed by atoms with Gasteiger partial charge in [-0.2, -0.15) is 4.31 Å². The molecule has 2 saturated heterocycles. The maximum atomic E-state index is 12.6. The average molecular weight is 266 g/mol. The highest BCUT2D eigenvalue weighted by molar-refractivity contribution is 7.89. The molecule has 0 spiro atoms. The van der Waals surface area contributed by atoms with Crippen LogP contribution >= 0.6 is 0 Å². The predicted molar refractivity (Wildman–Crippen MR) is 69.2 cm³/mol. The van der Waals surface area contributed by atoms with Crippen LogP contribution in [0.1, 0.15) is 25.7 Å². The molecule has 0 amide bonds. The molecule has 2 aliphatic heterocycles. The van der Waals surface area contributed by atoms with Gasteiger partial charge >= 0.3 is 0 Å². The summed E-state index contributed by atoms with van der Waals surface area (Å²) in [4.78, 5) is 0.355. The highest BCUT2D eigenvalue weighted by atomic mass is 32.2. The quantitative estimate of drug-likeness (QED) is 0.883. The van der Waals surface area contributed by atoms with Gasteiger partial charge in [-0.1, -0.05) is 18.2 Å². The van der Waals surface area contributed by atoms with Crippen LogP contribution in [0.4, 0.5) is 0 Å². The summed E-state index contributed by atoms with van der Waals surface area (Å²) in [6.45, 7) is 0. The topological polar surface area (TPSA) is 63.4 Å². The number of rotatable bonds is 2. The molecule has 1 aromatic rings. The Morgan fingerprint density at radius 1 is 1.06 bits per heavy atom. The van der Waals surface area contributed by atoms with Crippen molar-refractivity contribution in [1.29, 1.82) is 0 Å². The lowest BCUT2D eigenvalue weighted by molar-refractivity contribution is 0.0587. The Hall–Kier alpha value is -0.910. The third kappa shape index (κ3) is 1.77. The molecule has 1 atom stereocenters. The highest BCUT2D eigenvalue weighted by Gasteiger charge is 2.46. The van der Waals surface area contributed by atoms with E-state index in [1.807, 2.05) is 6.07 Å². The van der Waals surface area contributed by atoms with E-state index < -0.39 is 10.0 Å². The van der Waals surface area contributed by atoms with E-state index in [9.17, 15) is 8.42 Å². The second-order valence-electron chi connectivity index (χ2n) is 5.21. The molecule has 1 aliphatic carbocycles. The summed E-state index contributed by atoms with van der Waals surface area (Å²) in [5.41, 5.74) is 6.13. The zero-order valence-corrected chi connectivity index (χ0v) is 11.0. The molecule has 2 N–H and O–H groups in total. The fourth-order valence-corrected chi connectivity index (χ4v) is 5.06. The van der Waals surface area contributed by atoms with Gasteiger partial charge in [0.15, 0.2) is 0 Å². The van der Waals surface area contributed by atoms with Crippen molar-refractivity contribution < 1.29 is 8.42 Å². The van der Waals surface area contributed by atoms with Gasteiger partial charge in [0.2, 0.25) is 10.0 Å². The number of nitrogens with zero attached hydrogens (tertiary/aromatic N) is 1. The van der Waals surface area contributed by atoms with Crippen molar-refractivity contribution in [3.8, 4) is 0 Å². The molecule has 5 heteroatoms. The average Bonchev–Trinajstić information content (AvgIpc) is 2.40. The Kier molecular flexibility index (Phi) is 2.92. The van der Waals surface area contributed by atoms with Gasteiger partial charge in [0.25, 0.3) is 0 Å². The van der Waals surface area contributed by atoms with Gasteiger partial charge in [-0.05, 0) is 43.7 Å². The summed E-state index contributed by atoms with van der Waals surface area (Å²) >= 11 is 0. The smallest absolute Gasteiger partial charge is 0.244 e. The van der Waals surface area contributed by atoms with Gasteiger partial charge in [-0.15, -0.1) is 0 Å². The molecule has 2 heterocycles. The zero-order chi connectivity index (χ0) is 12.8. The second kappa shape index (κ2) is 4.33. The van der Waals surface area contributed by atoms with E-state index >= 15 is 0 Å². The van der Waals surface area contributed by atoms with Crippen LogP contribution in [-0.4, -0.2) is 24.9 Å². The van der Waals surface area contributed by atoms with Crippen LogP contribution in [0.15, 0.2) is 35.2 Å². The van der Waals surface area contributed by atoms with E-state index in [1.165, 1.54) is 0 Å². The summed E-state index contributed by atoms with van der Waals surface area (Å²) in [5, 5.41) is 0. The van der Waals surface area contributed by atoms with Crippen LogP contribution < -0.4 is 5.73 Å². The van der Waals surface area contributed by atoms with Crippen molar-refractivity contribution in [3.63, 3.8) is 0 Å². The van der Waals surface area contributed by atoms with Gasteiger partial charge in [0, 0.05) is 6.04 Å². The van der Waals surface area contributed by atoms with Crippen molar-refractivity contribution in [2.45, 2.75) is 42.8 Å². The van der Waals surface area contributed by atoms with E-state index in [0.717, 1.165) is 25.7 Å². The monoisotopic (exact) mass is 266 g/mol. The van der Waals surface area contributed by atoms with Gasteiger partial charge < -0.3 is 5.73 Å². The van der Waals surface area contributed by atoms with Gasteiger partial charge in [-0.3, -0.25) is 0 Å². The lowest BCUT2D eigenvalue weighted by atomic mass is 9.79. The second-order valence-corrected chi connectivity index (χ2v) is 7.05. The molecule has 1 unspecified atom stereocenters. The minimum atomic E-state index is -3.43. The van der Waals surface area contributed by atoms with Crippen LogP contribution in [0.5, 0.6) is 0 Å². The third-order valence-electron chi connectivity index (χ3n) is 4.20. The first-order valence-electron chi connectivity index (χ1n) is 6.45. The van der Waals surface area contributed by atoms with Crippen molar-refractivity contribution in [2.24, 2.45) is 11.7 Å². The van der Waals surface area contributed by atoms with Gasteiger partial charge in [-0.25, -0.2) is 8.42 Å². The van der Waals surface area contributed by atoms with Crippen LogP contribution in [0.2, 0.25) is 0 Å². The maximum Gasteiger partial charge on any atom is 0.244 e. The van der Waals surface area contributed by atoms with Crippen molar-refractivity contribution in [1.82, 2.24) is 4.31 Å². The van der Waals surface area contributed by atoms with E-state index in [2.05, 4.69) is 0 Å². The molecule has 1 aromatic carbocycles. The van der Waals surface area contributed by atoms with E-state index in [1.54, 1.807) is 28.6 Å². The molecule has 2 bridgehead atoms. The first-order valence-corrected chi connectivity index (χ1v) is 7.89.